The van der Waals surface area contributed by atoms with E-state index in [0.717, 1.165) is 44.5 Å². The molecule has 1 aliphatic rings. The van der Waals surface area contributed by atoms with Gasteiger partial charge in [-0.3, -0.25) is 4.79 Å². The normalized spacial score (nSPS) is 27.4. The monoisotopic (exact) mass is 264 g/mol. The highest BCUT2D eigenvalue weighted by Gasteiger charge is 2.41. The van der Waals surface area contributed by atoms with E-state index in [4.69, 9.17) is 5.73 Å². The molecule has 0 saturated heterocycles. The maximum Gasteiger partial charge on any atom is 0.237 e. The smallest absolute Gasteiger partial charge is 0.237 e. The van der Waals surface area contributed by atoms with E-state index >= 15 is 0 Å². The molecule has 1 heterocycles. The minimum atomic E-state index is -0.546. The summed E-state index contributed by atoms with van der Waals surface area (Å²) in [5.74, 6) is 0.782. The fraction of sp³-hybridized carbons (Fsp3) is 0.714. The van der Waals surface area contributed by atoms with Gasteiger partial charge in [-0.2, -0.15) is 0 Å². The number of carbonyl (C=O) groups excluding carboxylic acids is 1. The van der Waals surface area contributed by atoms with Crippen molar-refractivity contribution >= 4 is 5.91 Å². The number of carbonyl (C=O) groups is 1. The predicted octanol–water partition coefficient (Wildman–Crippen LogP) is 1.53. The Hall–Kier alpha value is -1.36. The van der Waals surface area contributed by atoms with Crippen molar-refractivity contribution in [3.8, 4) is 0 Å². The summed E-state index contributed by atoms with van der Waals surface area (Å²) in [5.41, 5.74) is 5.12. The van der Waals surface area contributed by atoms with E-state index in [1.54, 1.807) is 0 Å². The zero-order valence-electron chi connectivity index (χ0n) is 11.9. The van der Waals surface area contributed by atoms with Gasteiger partial charge in [0, 0.05) is 18.4 Å². The fourth-order valence-corrected chi connectivity index (χ4v) is 3.09. The van der Waals surface area contributed by atoms with E-state index in [0.29, 0.717) is 6.04 Å². The van der Waals surface area contributed by atoms with Crippen molar-refractivity contribution < 1.29 is 4.79 Å². The summed E-state index contributed by atoms with van der Waals surface area (Å²) < 4.78 is 2.17. The number of aryl methyl sites for hydroxylation is 1. The second kappa shape index (κ2) is 5.74. The number of hydrogen-bond acceptors (Lipinski definition) is 3. The van der Waals surface area contributed by atoms with Crippen molar-refractivity contribution in [3.05, 3.63) is 18.2 Å². The van der Waals surface area contributed by atoms with Gasteiger partial charge in [-0.25, -0.2) is 4.98 Å². The molecular weight excluding hydrogens is 240 g/mol. The van der Waals surface area contributed by atoms with Crippen LogP contribution in [0.15, 0.2) is 12.4 Å². The molecule has 2 unspecified atom stereocenters. The van der Waals surface area contributed by atoms with Crippen LogP contribution in [0.2, 0.25) is 0 Å². The first kappa shape index (κ1) is 14.1. The van der Waals surface area contributed by atoms with E-state index in [1.807, 2.05) is 19.3 Å². The number of rotatable bonds is 5. The Labute approximate surface area is 114 Å². The Bertz CT molecular complexity index is 442. The van der Waals surface area contributed by atoms with Crippen LogP contribution in [0.5, 0.6) is 0 Å². The van der Waals surface area contributed by atoms with Crippen LogP contribution < -0.4 is 11.1 Å². The lowest BCUT2D eigenvalue weighted by Gasteiger charge is -2.40. The molecule has 106 valence electrons. The zero-order chi connectivity index (χ0) is 13.9. The highest BCUT2D eigenvalue weighted by Crippen LogP contribution is 2.36. The van der Waals surface area contributed by atoms with Crippen LogP contribution in [0.1, 0.15) is 50.9 Å². The van der Waals surface area contributed by atoms with Crippen LogP contribution >= 0.6 is 0 Å². The summed E-state index contributed by atoms with van der Waals surface area (Å²) >= 11 is 0. The Morgan fingerprint density at radius 2 is 2.47 bits per heavy atom. The van der Waals surface area contributed by atoms with Gasteiger partial charge in [-0.1, -0.05) is 6.92 Å². The highest BCUT2D eigenvalue weighted by atomic mass is 16.1. The van der Waals surface area contributed by atoms with Crippen LogP contribution in [-0.4, -0.2) is 27.5 Å². The summed E-state index contributed by atoms with van der Waals surface area (Å²) in [6, 6.07) is 0.313. The molecule has 5 heteroatoms. The van der Waals surface area contributed by atoms with Crippen molar-refractivity contribution in [3.63, 3.8) is 0 Å². The Morgan fingerprint density at radius 1 is 1.68 bits per heavy atom. The third-order valence-corrected chi connectivity index (χ3v) is 4.17. The molecule has 0 bridgehead atoms. The molecule has 2 atom stereocenters. The van der Waals surface area contributed by atoms with Crippen molar-refractivity contribution in [1.29, 1.82) is 0 Å². The average Bonchev–Trinajstić information content (AvgIpc) is 2.83. The van der Waals surface area contributed by atoms with Gasteiger partial charge < -0.3 is 15.6 Å². The van der Waals surface area contributed by atoms with Crippen molar-refractivity contribution in [2.75, 3.05) is 6.54 Å². The summed E-state index contributed by atoms with van der Waals surface area (Å²) in [7, 11) is 0. The molecule has 0 spiro atoms. The van der Waals surface area contributed by atoms with Gasteiger partial charge in [0.15, 0.2) is 0 Å². The largest absolute Gasteiger partial charge is 0.368 e. The van der Waals surface area contributed by atoms with Gasteiger partial charge in [0.05, 0.1) is 5.54 Å². The number of imidazole rings is 1. The lowest BCUT2D eigenvalue weighted by Crippen LogP contribution is -2.58. The van der Waals surface area contributed by atoms with Gasteiger partial charge in [0.25, 0.3) is 0 Å². The Balaban J connectivity index is 2.18. The van der Waals surface area contributed by atoms with E-state index in [2.05, 4.69) is 21.8 Å². The van der Waals surface area contributed by atoms with E-state index in [9.17, 15) is 4.79 Å². The van der Waals surface area contributed by atoms with Gasteiger partial charge in [-0.05, 0) is 45.6 Å². The van der Waals surface area contributed by atoms with Gasteiger partial charge >= 0.3 is 0 Å². The minimum Gasteiger partial charge on any atom is -0.368 e. The van der Waals surface area contributed by atoms with Crippen LogP contribution in [0.25, 0.3) is 0 Å². The summed E-state index contributed by atoms with van der Waals surface area (Å²) in [4.78, 5) is 16.2. The number of nitrogens with zero attached hydrogens (tertiary/aromatic N) is 2. The van der Waals surface area contributed by atoms with E-state index in [-0.39, 0.29) is 5.91 Å². The molecule has 0 aromatic carbocycles. The second-order valence-electron chi connectivity index (χ2n) is 5.51. The second-order valence-corrected chi connectivity index (χ2v) is 5.51. The van der Waals surface area contributed by atoms with Gasteiger partial charge in [0.2, 0.25) is 5.91 Å². The lowest BCUT2D eigenvalue weighted by molar-refractivity contribution is -0.126. The SMILES string of the molecule is CCCNC1(C(N)=O)CCCC(n2ccnc2C)C1. The first-order valence-electron chi connectivity index (χ1n) is 7.13. The molecule has 19 heavy (non-hydrogen) atoms. The molecule has 0 radical (unpaired) electrons. The molecule has 2 rings (SSSR count). The van der Waals surface area contributed by atoms with Crippen LogP contribution in [0.4, 0.5) is 0 Å². The van der Waals surface area contributed by atoms with Crippen molar-refractivity contribution in [2.24, 2.45) is 5.73 Å². The number of nitrogens with two attached hydrogens (primary N) is 1. The number of primary amides is 1. The quantitative estimate of drug-likeness (QED) is 0.847. The number of amides is 1. The van der Waals surface area contributed by atoms with E-state index < -0.39 is 5.54 Å². The van der Waals surface area contributed by atoms with E-state index in [1.165, 1.54) is 0 Å². The van der Waals surface area contributed by atoms with Crippen molar-refractivity contribution in [2.45, 2.75) is 57.5 Å². The lowest BCUT2D eigenvalue weighted by atomic mass is 9.78. The molecular formula is C14H24N4O. The Morgan fingerprint density at radius 3 is 3.05 bits per heavy atom. The predicted molar refractivity (Wildman–Crippen MR) is 74.7 cm³/mol. The fourth-order valence-electron chi connectivity index (χ4n) is 3.09. The molecule has 1 fully saturated rings. The van der Waals surface area contributed by atoms with Gasteiger partial charge in [0.1, 0.15) is 5.82 Å². The molecule has 1 aromatic heterocycles. The molecule has 0 aliphatic heterocycles. The molecule has 1 aromatic rings. The maximum absolute atomic E-state index is 11.9. The van der Waals surface area contributed by atoms with Crippen molar-refractivity contribution in [1.82, 2.24) is 14.9 Å². The summed E-state index contributed by atoms with van der Waals surface area (Å²) in [6.07, 6.45) is 8.52. The van der Waals surface area contributed by atoms with Crippen LogP contribution in [-0.2, 0) is 4.79 Å². The standard InChI is InChI=1S/C14H24N4O/c1-3-7-17-14(13(15)19)6-4-5-12(10-14)18-9-8-16-11(18)2/h8-9,12,17H,3-7,10H2,1-2H3,(H2,15,19). The number of hydrogen-bond donors (Lipinski definition) is 2. The molecule has 5 nitrogen and oxygen atoms in total. The average molecular weight is 264 g/mol. The van der Waals surface area contributed by atoms with Crippen LogP contribution in [0.3, 0.4) is 0 Å². The minimum absolute atomic E-state index is 0.219. The van der Waals surface area contributed by atoms with Crippen LogP contribution in [0, 0.1) is 6.92 Å². The maximum atomic E-state index is 11.9. The first-order chi connectivity index (χ1) is 9.09. The third kappa shape index (κ3) is 2.81. The zero-order valence-corrected chi connectivity index (χ0v) is 11.9. The summed E-state index contributed by atoms with van der Waals surface area (Å²) in [5, 5.41) is 3.39. The van der Waals surface area contributed by atoms with Gasteiger partial charge in [-0.15, -0.1) is 0 Å². The molecule has 3 N–H and O–H groups in total. The molecule has 1 amide bonds. The first-order valence-corrected chi connectivity index (χ1v) is 7.13. The third-order valence-electron chi connectivity index (χ3n) is 4.17. The number of nitrogens with one attached hydrogen (secondary N) is 1. The Kier molecular flexibility index (Phi) is 4.24. The topological polar surface area (TPSA) is 72.9 Å². The number of aromatic nitrogens is 2. The summed E-state index contributed by atoms with van der Waals surface area (Å²) in [6.45, 7) is 4.93. The highest BCUT2D eigenvalue weighted by molar-refractivity contribution is 5.84. The molecule has 1 saturated carbocycles. The molecule has 1 aliphatic carbocycles.